The van der Waals surface area contributed by atoms with Crippen molar-refractivity contribution in [1.29, 1.82) is 0 Å². The van der Waals surface area contributed by atoms with E-state index in [-0.39, 0.29) is 5.91 Å². The van der Waals surface area contributed by atoms with Crippen LogP contribution in [0.2, 0.25) is 0 Å². The van der Waals surface area contributed by atoms with Gasteiger partial charge in [-0.1, -0.05) is 24.3 Å². The maximum atomic E-state index is 12.4. The minimum Gasteiger partial charge on any atom is -0.439 e. The highest BCUT2D eigenvalue weighted by Gasteiger charge is 2.12. The van der Waals surface area contributed by atoms with Gasteiger partial charge in [0.15, 0.2) is 11.7 Å². The molecule has 0 unspecified atom stereocenters. The average molecular weight is 414 g/mol. The highest BCUT2D eigenvalue weighted by Crippen LogP contribution is 2.23. The quantitative estimate of drug-likeness (QED) is 0.405. The number of aryl methyl sites for hydroxylation is 2. The standard InChI is InChI=1S/C23H22N6O2/c1-14-21(31-15(2)27-14)20-11-12-25-23(29-20)26-13-16-7-9-17(10-8-16)22(30)28-19-6-4-3-5-18(19)24/h3-12H,13,24H2,1-2H3,(H,28,30)(H,25,26,29). The number of nitrogens with zero attached hydrogens (tertiary/aromatic N) is 3. The van der Waals surface area contributed by atoms with Crippen molar-refractivity contribution in [2.45, 2.75) is 20.4 Å². The van der Waals surface area contributed by atoms with Crippen LogP contribution < -0.4 is 16.4 Å². The maximum Gasteiger partial charge on any atom is 0.255 e. The SMILES string of the molecule is Cc1nc(C)c(-c2ccnc(NCc3ccc(C(=O)Nc4ccccc4N)cc3)n2)o1. The first-order valence-corrected chi connectivity index (χ1v) is 9.76. The highest BCUT2D eigenvalue weighted by molar-refractivity contribution is 6.05. The number of hydrogen-bond donors (Lipinski definition) is 3. The Morgan fingerprint density at radius 2 is 1.81 bits per heavy atom. The minimum atomic E-state index is -0.217. The van der Waals surface area contributed by atoms with Crippen LogP contribution in [0.25, 0.3) is 11.5 Å². The van der Waals surface area contributed by atoms with Crippen molar-refractivity contribution >= 4 is 23.2 Å². The van der Waals surface area contributed by atoms with Gasteiger partial charge in [-0.15, -0.1) is 0 Å². The second-order valence-electron chi connectivity index (χ2n) is 7.00. The van der Waals surface area contributed by atoms with Gasteiger partial charge in [0.25, 0.3) is 5.91 Å². The number of oxazole rings is 1. The van der Waals surface area contributed by atoms with E-state index in [1.165, 1.54) is 0 Å². The lowest BCUT2D eigenvalue weighted by molar-refractivity contribution is 0.102. The van der Waals surface area contributed by atoms with E-state index in [9.17, 15) is 4.79 Å². The van der Waals surface area contributed by atoms with E-state index < -0.39 is 0 Å². The number of benzene rings is 2. The van der Waals surface area contributed by atoms with Crippen molar-refractivity contribution in [3.63, 3.8) is 0 Å². The molecule has 2 aromatic heterocycles. The predicted octanol–water partition coefficient (Wildman–Crippen LogP) is 4.20. The first-order valence-electron chi connectivity index (χ1n) is 9.76. The van der Waals surface area contributed by atoms with Gasteiger partial charge in [-0.3, -0.25) is 4.79 Å². The molecule has 2 heterocycles. The molecule has 1 amide bonds. The molecule has 0 aliphatic heterocycles. The lowest BCUT2D eigenvalue weighted by atomic mass is 10.1. The summed E-state index contributed by atoms with van der Waals surface area (Å²) in [5.41, 5.74) is 9.97. The summed E-state index contributed by atoms with van der Waals surface area (Å²) in [5, 5.41) is 6.01. The summed E-state index contributed by atoms with van der Waals surface area (Å²) >= 11 is 0. The molecule has 4 rings (SSSR count). The van der Waals surface area contributed by atoms with Gasteiger partial charge < -0.3 is 20.8 Å². The molecule has 2 aromatic carbocycles. The molecule has 156 valence electrons. The number of carbonyl (C=O) groups is 1. The molecule has 0 saturated carbocycles. The number of anilines is 3. The predicted molar refractivity (Wildman–Crippen MR) is 120 cm³/mol. The molecular formula is C23H22N6O2. The van der Waals surface area contributed by atoms with Gasteiger partial charge in [-0.05, 0) is 42.8 Å². The smallest absolute Gasteiger partial charge is 0.255 e. The fourth-order valence-corrected chi connectivity index (χ4v) is 3.10. The summed E-state index contributed by atoms with van der Waals surface area (Å²) in [4.78, 5) is 25.5. The molecule has 0 atom stereocenters. The summed E-state index contributed by atoms with van der Waals surface area (Å²) in [7, 11) is 0. The largest absolute Gasteiger partial charge is 0.439 e. The Hall–Kier alpha value is -4.20. The van der Waals surface area contributed by atoms with E-state index in [1.807, 2.05) is 31.2 Å². The molecule has 0 radical (unpaired) electrons. The number of hydrogen-bond acceptors (Lipinski definition) is 7. The molecule has 0 saturated heterocycles. The van der Waals surface area contributed by atoms with Gasteiger partial charge in [0, 0.05) is 25.2 Å². The molecule has 0 spiro atoms. The molecule has 0 aliphatic rings. The number of nitrogen functional groups attached to an aromatic ring is 1. The van der Waals surface area contributed by atoms with E-state index in [4.69, 9.17) is 10.2 Å². The van der Waals surface area contributed by atoms with Crippen LogP contribution in [-0.4, -0.2) is 20.9 Å². The molecule has 8 nitrogen and oxygen atoms in total. The first-order chi connectivity index (χ1) is 15.0. The summed E-state index contributed by atoms with van der Waals surface area (Å²) in [6.07, 6.45) is 1.67. The van der Waals surface area contributed by atoms with Crippen LogP contribution in [0, 0.1) is 13.8 Å². The van der Waals surface area contributed by atoms with Crippen molar-refractivity contribution in [3.8, 4) is 11.5 Å². The molecule has 0 aliphatic carbocycles. The lowest BCUT2D eigenvalue weighted by Gasteiger charge is -2.09. The zero-order valence-corrected chi connectivity index (χ0v) is 17.2. The normalized spacial score (nSPS) is 10.6. The van der Waals surface area contributed by atoms with E-state index >= 15 is 0 Å². The van der Waals surface area contributed by atoms with Crippen LogP contribution in [0.15, 0.2) is 65.2 Å². The third-order valence-electron chi connectivity index (χ3n) is 4.67. The molecule has 4 aromatic rings. The first kappa shape index (κ1) is 20.1. The van der Waals surface area contributed by atoms with E-state index in [0.717, 1.165) is 11.3 Å². The summed E-state index contributed by atoms with van der Waals surface area (Å²) in [6.45, 7) is 4.19. The van der Waals surface area contributed by atoms with Crippen LogP contribution in [-0.2, 0) is 6.54 Å². The van der Waals surface area contributed by atoms with Gasteiger partial charge in [-0.25, -0.2) is 15.0 Å². The number of nitrogens with two attached hydrogens (primary N) is 1. The van der Waals surface area contributed by atoms with Crippen LogP contribution in [0.3, 0.4) is 0 Å². The molecule has 0 fully saturated rings. The van der Waals surface area contributed by atoms with Gasteiger partial charge in [-0.2, -0.15) is 0 Å². The summed E-state index contributed by atoms with van der Waals surface area (Å²) in [5.74, 6) is 1.50. The van der Waals surface area contributed by atoms with Gasteiger partial charge in [0.2, 0.25) is 5.95 Å². The molecule has 4 N–H and O–H groups in total. The number of rotatable bonds is 6. The second-order valence-corrected chi connectivity index (χ2v) is 7.00. The molecular weight excluding hydrogens is 392 g/mol. The zero-order valence-electron chi connectivity index (χ0n) is 17.2. The average Bonchev–Trinajstić information content (AvgIpc) is 3.12. The Morgan fingerprint density at radius 3 is 2.52 bits per heavy atom. The zero-order chi connectivity index (χ0) is 21.8. The van der Waals surface area contributed by atoms with Crippen LogP contribution in [0.4, 0.5) is 17.3 Å². The van der Waals surface area contributed by atoms with Crippen molar-refractivity contribution < 1.29 is 9.21 Å². The van der Waals surface area contributed by atoms with E-state index in [2.05, 4.69) is 25.6 Å². The fourth-order valence-electron chi connectivity index (χ4n) is 3.10. The third kappa shape index (κ3) is 4.69. The van der Waals surface area contributed by atoms with Crippen molar-refractivity contribution in [2.24, 2.45) is 0 Å². The third-order valence-corrected chi connectivity index (χ3v) is 4.67. The van der Waals surface area contributed by atoms with Crippen LogP contribution >= 0.6 is 0 Å². The Labute approximate surface area is 179 Å². The minimum absolute atomic E-state index is 0.217. The Balaban J connectivity index is 1.40. The van der Waals surface area contributed by atoms with Gasteiger partial charge >= 0.3 is 0 Å². The number of para-hydroxylation sites is 2. The van der Waals surface area contributed by atoms with Gasteiger partial charge in [0.1, 0.15) is 5.69 Å². The molecule has 8 heteroatoms. The second kappa shape index (κ2) is 8.66. The monoisotopic (exact) mass is 414 g/mol. The van der Waals surface area contributed by atoms with Crippen LogP contribution in [0.1, 0.15) is 27.5 Å². The lowest BCUT2D eigenvalue weighted by Crippen LogP contribution is -2.13. The van der Waals surface area contributed by atoms with Crippen molar-refractivity contribution in [1.82, 2.24) is 15.0 Å². The Kier molecular flexibility index (Phi) is 5.61. The van der Waals surface area contributed by atoms with E-state index in [0.29, 0.717) is 46.8 Å². The highest BCUT2D eigenvalue weighted by atomic mass is 16.4. The maximum absolute atomic E-state index is 12.4. The van der Waals surface area contributed by atoms with Crippen LogP contribution in [0.5, 0.6) is 0 Å². The number of nitrogens with one attached hydrogen (secondary N) is 2. The number of amides is 1. The Bertz CT molecular complexity index is 1220. The Morgan fingerprint density at radius 1 is 1.03 bits per heavy atom. The molecule has 0 bridgehead atoms. The summed E-state index contributed by atoms with van der Waals surface area (Å²) in [6, 6.07) is 16.2. The fraction of sp³-hybridized carbons (Fsp3) is 0.130. The topological polar surface area (TPSA) is 119 Å². The van der Waals surface area contributed by atoms with Crippen molar-refractivity contribution in [2.75, 3.05) is 16.4 Å². The number of carbonyl (C=O) groups excluding carboxylic acids is 1. The van der Waals surface area contributed by atoms with Crippen molar-refractivity contribution in [3.05, 3.63) is 83.5 Å². The van der Waals surface area contributed by atoms with E-state index in [1.54, 1.807) is 43.5 Å². The number of aromatic nitrogens is 3. The van der Waals surface area contributed by atoms with Gasteiger partial charge in [0.05, 0.1) is 17.1 Å². The summed E-state index contributed by atoms with van der Waals surface area (Å²) < 4.78 is 5.63. The molecule has 31 heavy (non-hydrogen) atoms.